The molecule has 0 bridgehead atoms. The van der Waals surface area contributed by atoms with Gasteiger partial charge in [-0.1, -0.05) is 20.8 Å². The van der Waals surface area contributed by atoms with Crippen LogP contribution in [-0.2, 0) is 0 Å². The quantitative estimate of drug-likeness (QED) is 0.479. The van der Waals surface area contributed by atoms with Crippen LogP contribution in [0.3, 0.4) is 0 Å². The topological polar surface area (TPSA) is 30.9 Å². The summed E-state index contributed by atoms with van der Waals surface area (Å²) in [5.41, 5.74) is 0. The number of hydrogen-bond donors (Lipinski definition) is 1. The smallest absolute Gasteiger partial charge is 0.193 e. The van der Waals surface area contributed by atoms with Gasteiger partial charge in [0.25, 0.3) is 0 Å². The van der Waals surface area contributed by atoms with Crippen LogP contribution >= 0.6 is 0 Å². The van der Waals surface area contributed by atoms with E-state index in [0.717, 1.165) is 43.3 Å². The van der Waals surface area contributed by atoms with Crippen molar-refractivity contribution in [1.82, 2.24) is 15.1 Å². The zero-order chi connectivity index (χ0) is 16.7. The summed E-state index contributed by atoms with van der Waals surface area (Å²) >= 11 is 0. The van der Waals surface area contributed by atoms with Gasteiger partial charge in [0.2, 0.25) is 0 Å². The molecule has 0 aromatic carbocycles. The van der Waals surface area contributed by atoms with Crippen LogP contribution in [0, 0.1) is 17.8 Å². The second-order valence-electron chi connectivity index (χ2n) is 8.06. The summed E-state index contributed by atoms with van der Waals surface area (Å²) < 4.78 is 0. The lowest BCUT2D eigenvalue weighted by Crippen LogP contribution is -2.45. The number of unbranched alkanes of at least 4 members (excludes halogenated alkanes) is 1. The Morgan fingerprint density at radius 1 is 1.00 bits per heavy atom. The lowest BCUT2D eigenvalue weighted by atomic mass is 9.92. The molecular weight excluding hydrogens is 284 g/mol. The highest BCUT2D eigenvalue weighted by molar-refractivity contribution is 5.79. The SMILES string of the molecule is CN=C(NCCCCN1CC(C)CC(C)C1)N1CCC(C)CC1. The Kier molecular flexibility index (Phi) is 7.68. The van der Waals surface area contributed by atoms with Crippen molar-refractivity contribution in [2.24, 2.45) is 22.7 Å². The van der Waals surface area contributed by atoms with Gasteiger partial charge in [-0.2, -0.15) is 0 Å². The highest BCUT2D eigenvalue weighted by Crippen LogP contribution is 2.21. The van der Waals surface area contributed by atoms with Crippen molar-refractivity contribution < 1.29 is 0 Å². The molecule has 4 nitrogen and oxygen atoms in total. The number of aliphatic imine (C=N–C) groups is 1. The Balaban J connectivity index is 1.59. The average molecular weight is 323 g/mol. The molecule has 0 spiro atoms. The first-order valence-corrected chi connectivity index (χ1v) is 9.76. The molecule has 2 saturated heterocycles. The van der Waals surface area contributed by atoms with Crippen molar-refractivity contribution in [3.8, 4) is 0 Å². The minimum absolute atomic E-state index is 0.872. The van der Waals surface area contributed by atoms with E-state index < -0.39 is 0 Å². The maximum absolute atomic E-state index is 4.47. The number of nitrogens with one attached hydrogen (secondary N) is 1. The predicted molar refractivity (Wildman–Crippen MR) is 100.0 cm³/mol. The van der Waals surface area contributed by atoms with Gasteiger partial charge >= 0.3 is 0 Å². The van der Waals surface area contributed by atoms with Crippen molar-refractivity contribution >= 4 is 5.96 Å². The van der Waals surface area contributed by atoms with Gasteiger partial charge in [-0.05, 0) is 56.4 Å². The summed E-state index contributed by atoms with van der Waals surface area (Å²) in [5.74, 6) is 3.73. The lowest BCUT2D eigenvalue weighted by molar-refractivity contribution is 0.139. The second-order valence-corrected chi connectivity index (χ2v) is 8.06. The van der Waals surface area contributed by atoms with Gasteiger partial charge < -0.3 is 15.1 Å². The Morgan fingerprint density at radius 2 is 1.65 bits per heavy atom. The molecule has 2 heterocycles. The van der Waals surface area contributed by atoms with E-state index in [1.807, 2.05) is 7.05 Å². The van der Waals surface area contributed by atoms with E-state index in [-0.39, 0.29) is 0 Å². The number of nitrogens with zero attached hydrogens (tertiary/aromatic N) is 3. The normalized spacial score (nSPS) is 28.2. The van der Waals surface area contributed by atoms with Gasteiger partial charge in [-0.25, -0.2) is 0 Å². The predicted octanol–water partition coefficient (Wildman–Crippen LogP) is 3.05. The average Bonchev–Trinajstić information content (AvgIpc) is 2.51. The first kappa shape index (κ1) is 18.6. The van der Waals surface area contributed by atoms with Gasteiger partial charge in [-0.3, -0.25) is 4.99 Å². The van der Waals surface area contributed by atoms with Gasteiger partial charge in [0.15, 0.2) is 5.96 Å². The molecule has 2 unspecified atom stereocenters. The van der Waals surface area contributed by atoms with Crippen LogP contribution in [0.2, 0.25) is 0 Å². The molecule has 0 amide bonds. The molecule has 2 atom stereocenters. The van der Waals surface area contributed by atoms with Crippen molar-refractivity contribution in [2.45, 2.75) is 52.9 Å². The van der Waals surface area contributed by atoms with E-state index in [1.54, 1.807) is 0 Å². The van der Waals surface area contributed by atoms with E-state index in [4.69, 9.17) is 0 Å². The van der Waals surface area contributed by atoms with Crippen molar-refractivity contribution in [3.63, 3.8) is 0 Å². The third-order valence-corrected chi connectivity index (χ3v) is 5.42. The lowest BCUT2D eigenvalue weighted by Gasteiger charge is -2.35. The summed E-state index contributed by atoms with van der Waals surface area (Å²) in [4.78, 5) is 9.56. The highest BCUT2D eigenvalue weighted by Gasteiger charge is 2.21. The first-order valence-electron chi connectivity index (χ1n) is 9.76. The number of rotatable bonds is 5. The fourth-order valence-electron chi connectivity index (χ4n) is 4.19. The van der Waals surface area contributed by atoms with E-state index in [2.05, 4.69) is 40.9 Å². The van der Waals surface area contributed by atoms with Crippen molar-refractivity contribution in [2.75, 3.05) is 46.3 Å². The molecule has 23 heavy (non-hydrogen) atoms. The van der Waals surface area contributed by atoms with Crippen LogP contribution in [0.15, 0.2) is 4.99 Å². The monoisotopic (exact) mass is 322 g/mol. The zero-order valence-corrected chi connectivity index (χ0v) is 15.9. The maximum atomic E-state index is 4.47. The first-order chi connectivity index (χ1) is 11.1. The number of piperidine rings is 2. The molecule has 2 aliphatic rings. The van der Waals surface area contributed by atoms with Gasteiger partial charge in [-0.15, -0.1) is 0 Å². The van der Waals surface area contributed by atoms with E-state index in [0.29, 0.717) is 0 Å². The Bertz CT molecular complexity index is 350. The summed E-state index contributed by atoms with van der Waals surface area (Å²) in [6.07, 6.45) is 6.53. The number of hydrogen-bond acceptors (Lipinski definition) is 2. The third kappa shape index (κ3) is 6.33. The van der Waals surface area contributed by atoms with Crippen LogP contribution < -0.4 is 5.32 Å². The molecule has 0 aliphatic carbocycles. The van der Waals surface area contributed by atoms with E-state index in [9.17, 15) is 0 Å². The second kappa shape index (κ2) is 9.51. The molecule has 2 aliphatic heterocycles. The van der Waals surface area contributed by atoms with Crippen molar-refractivity contribution in [3.05, 3.63) is 0 Å². The van der Waals surface area contributed by atoms with Crippen molar-refractivity contribution in [1.29, 1.82) is 0 Å². The number of guanidine groups is 1. The molecule has 2 rings (SSSR count). The molecule has 4 heteroatoms. The van der Waals surface area contributed by atoms with Gasteiger partial charge in [0.05, 0.1) is 0 Å². The Morgan fingerprint density at radius 3 is 2.26 bits per heavy atom. The fourth-order valence-corrected chi connectivity index (χ4v) is 4.19. The minimum Gasteiger partial charge on any atom is -0.356 e. The zero-order valence-electron chi connectivity index (χ0n) is 15.9. The van der Waals surface area contributed by atoms with Crippen LogP contribution in [0.4, 0.5) is 0 Å². The fraction of sp³-hybridized carbons (Fsp3) is 0.947. The van der Waals surface area contributed by atoms with Gasteiger partial charge in [0, 0.05) is 39.8 Å². The maximum Gasteiger partial charge on any atom is 0.193 e. The molecule has 1 N–H and O–H groups in total. The summed E-state index contributed by atoms with van der Waals surface area (Å²) in [5, 5.41) is 3.57. The summed E-state index contributed by atoms with van der Waals surface area (Å²) in [7, 11) is 1.91. The Labute approximate surface area is 143 Å². The van der Waals surface area contributed by atoms with E-state index >= 15 is 0 Å². The molecule has 134 valence electrons. The summed E-state index contributed by atoms with van der Waals surface area (Å²) in [6.45, 7) is 14.4. The molecule has 0 saturated carbocycles. The third-order valence-electron chi connectivity index (χ3n) is 5.42. The molecule has 0 aromatic rings. The number of likely N-dealkylation sites (tertiary alicyclic amines) is 2. The van der Waals surface area contributed by atoms with Crippen LogP contribution in [0.1, 0.15) is 52.9 Å². The van der Waals surface area contributed by atoms with Crippen LogP contribution in [0.5, 0.6) is 0 Å². The Hall–Kier alpha value is -0.770. The molecule has 0 radical (unpaired) electrons. The summed E-state index contributed by atoms with van der Waals surface area (Å²) in [6, 6.07) is 0. The molecule has 0 aromatic heterocycles. The van der Waals surface area contributed by atoms with Crippen LogP contribution in [-0.4, -0.2) is 62.1 Å². The standard InChI is InChI=1S/C19H38N4/c1-16-7-11-23(12-8-16)19(20-4)21-9-5-6-10-22-14-17(2)13-18(3)15-22/h16-18H,5-15H2,1-4H3,(H,20,21). The minimum atomic E-state index is 0.872. The van der Waals surface area contributed by atoms with Crippen LogP contribution in [0.25, 0.3) is 0 Å². The van der Waals surface area contributed by atoms with Gasteiger partial charge in [0.1, 0.15) is 0 Å². The highest BCUT2D eigenvalue weighted by atomic mass is 15.3. The molecule has 2 fully saturated rings. The molecular formula is C19H38N4. The van der Waals surface area contributed by atoms with E-state index in [1.165, 1.54) is 51.7 Å². The largest absolute Gasteiger partial charge is 0.356 e.